The van der Waals surface area contributed by atoms with Gasteiger partial charge in [-0.3, -0.25) is 4.79 Å². The van der Waals surface area contributed by atoms with Crippen LogP contribution in [0.5, 0.6) is 0 Å². The Labute approximate surface area is 96.5 Å². The molecule has 0 heterocycles. The summed E-state index contributed by atoms with van der Waals surface area (Å²) in [4.78, 5) is 11.3. The molecule has 0 unspecified atom stereocenters. The Kier molecular flexibility index (Phi) is 8.69. The summed E-state index contributed by atoms with van der Waals surface area (Å²) in [7, 11) is 0. The van der Waals surface area contributed by atoms with E-state index >= 15 is 0 Å². The second kappa shape index (κ2) is 7.37. The third-order valence-electron chi connectivity index (χ3n) is 1.34. The van der Waals surface area contributed by atoms with Gasteiger partial charge >= 0.3 is 5.97 Å². The van der Waals surface area contributed by atoms with E-state index in [2.05, 4.69) is 0 Å². The van der Waals surface area contributed by atoms with E-state index in [0.29, 0.717) is 6.42 Å². The minimum Gasteiger partial charge on any atom is -0.459 e. The number of esters is 1. The maximum atomic E-state index is 11.3. The normalized spacial score (nSPS) is 12.9. The van der Waals surface area contributed by atoms with Crippen LogP contribution in [0.25, 0.3) is 0 Å². The smallest absolute Gasteiger partial charge is 0.323 e. The van der Waals surface area contributed by atoms with Crippen LogP contribution in [-0.2, 0) is 9.53 Å². The molecule has 0 aromatic rings. The fourth-order valence-corrected chi connectivity index (χ4v) is 1.23. The first-order valence-electron chi connectivity index (χ1n) is 4.34. The van der Waals surface area contributed by atoms with Crippen LogP contribution in [0.2, 0.25) is 0 Å². The lowest BCUT2D eigenvalue weighted by Gasteiger charge is -2.21. The first kappa shape index (κ1) is 16.5. The Hall–Kier alpha value is 0.0700. The predicted molar refractivity (Wildman–Crippen MR) is 64.1 cm³/mol. The van der Waals surface area contributed by atoms with Crippen molar-refractivity contribution in [3.63, 3.8) is 0 Å². The maximum Gasteiger partial charge on any atom is 0.323 e. The number of thioether (sulfide) groups is 1. The second-order valence-electron chi connectivity index (χ2n) is 3.92. The number of rotatable bonds is 4. The van der Waals surface area contributed by atoms with Gasteiger partial charge in [-0.2, -0.15) is 11.8 Å². The molecule has 0 saturated heterocycles. The molecule has 3 nitrogen and oxygen atoms in total. The van der Waals surface area contributed by atoms with Gasteiger partial charge in [0.2, 0.25) is 0 Å². The van der Waals surface area contributed by atoms with Crippen LogP contribution in [0.1, 0.15) is 27.2 Å². The molecule has 0 aliphatic carbocycles. The highest BCUT2D eigenvalue weighted by Crippen LogP contribution is 2.09. The van der Waals surface area contributed by atoms with E-state index in [9.17, 15) is 4.79 Å². The molecule has 14 heavy (non-hydrogen) atoms. The van der Waals surface area contributed by atoms with Gasteiger partial charge in [-0.05, 0) is 39.2 Å². The molecule has 0 fully saturated rings. The lowest BCUT2D eigenvalue weighted by Crippen LogP contribution is -2.37. The minimum atomic E-state index is -0.480. The van der Waals surface area contributed by atoms with Crippen LogP contribution in [0.3, 0.4) is 0 Å². The maximum absolute atomic E-state index is 11.3. The van der Waals surface area contributed by atoms with Crippen molar-refractivity contribution in [1.29, 1.82) is 0 Å². The highest BCUT2D eigenvalue weighted by molar-refractivity contribution is 7.98. The summed E-state index contributed by atoms with van der Waals surface area (Å²) < 4.78 is 5.12. The van der Waals surface area contributed by atoms with E-state index in [4.69, 9.17) is 10.5 Å². The summed E-state index contributed by atoms with van der Waals surface area (Å²) in [5.74, 6) is 0.585. The molecule has 2 N–H and O–H groups in total. The highest BCUT2D eigenvalue weighted by atomic mass is 35.5. The van der Waals surface area contributed by atoms with Gasteiger partial charge in [-0.1, -0.05) is 0 Å². The average molecular weight is 244 g/mol. The molecule has 0 aliphatic heterocycles. The van der Waals surface area contributed by atoms with Crippen molar-refractivity contribution in [1.82, 2.24) is 0 Å². The lowest BCUT2D eigenvalue weighted by molar-refractivity contribution is -0.156. The molecule has 0 aromatic carbocycles. The average Bonchev–Trinajstić information content (AvgIpc) is 1.96. The molecule has 0 radical (unpaired) electrons. The van der Waals surface area contributed by atoms with Crippen molar-refractivity contribution in [2.24, 2.45) is 5.73 Å². The topological polar surface area (TPSA) is 52.3 Å². The van der Waals surface area contributed by atoms with E-state index in [-0.39, 0.29) is 18.4 Å². The molecule has 0 spiro atoms. The molecule has 0 rings (SSSR count). The molecule has 0 amide bonds. The van der Waals surface area contributed by atoms with Crippen LogP contribution in [0.4, 0.5) is 0 Å². The fraction of sp³-hybridized carbons (Fsp3) is 0.889. The number of hydrogen-bond donors (Lipinski definition) is 1. The summed E-state index contributed by atoms with van der Waals surface area (Å²) >= 11 is 1.68. The second-order valence-corrected chi connectivity index (χ2v) is 4.91. The third-order valence-corrected chi connectivity index (χ3v) is 1.99. The van der Waals surface area contributed by atoms with Crippen molar-refractivity contribution < 1.29 is 9.53 Å². The minimum absolute atomic E-state index is 0. The standard InChI is InChI=1S/C9H19NO2S.ClH/c1-9(2,3)12-8(11)7(10)5-6-13-4;/h7H,5-6,10H2,1-4H3;1H/t7-;/m0./s1/i7+1,10+1;. The van der Waals surface area contributed by atoms with E-state index < -0.39 is 11.6 Å². The number of carbonyl (C=O) groups excluding carboxylic acids is 1. The zero-order chi connectivity index (χ0) is 10.5. The van der Waals surface area contributed by atoms with E-state index in [1.807, 2.05) is 27.0 Å². The van der Waals surface area contributed by atoms with Gasteiger partial charge in [0.05, 0.1) is 0 Å². The largest absolute Gasteiger partial charge is 0.459 e. The van der Waals surface area contributed by atoms with E-state index in [1.54, 1.807) is 11.8 Å². The van der Waals surface area contributed by atoms with E-state index in [0.717, 1.165) is 5.75 Å². The van der Waals surface area contributed by atoms with Crippen molar-refractivity contribution in [3.8, 4) is 0 Å². The molecule has 0 aliphatic rings. The molecule has 1 atom stereocenters. The van der Waals surface area contributed by atoms with Gasteiger partial charge in [0.25, 0.3) is 0 Å². The molecule has 0 aromatic heterocycles. The summed E-state index contributed by atoms with van der Waals surface area (Å²) in [5.41, 5.74) is 5.19. The van der Waals surface area contributed by atoms with Gasteiger partial charge < -0.3 is 10.5 Å². The first-order chi connectivity index (χ1) is 5.87. The number of ether oxygens (including phenoxy) is 1. The Morgan fingerprint density at radius 3 is 2.36 bits per heavy atom. The SMILES string of the molecule is CSCC[13C@H]([15NH2])C(=O)OC(C)(C)C.Cl. The third kappa shape index (κ3) is 8.66. The molecule has 0 bridgehead atoms. The molecule has 86 valence electrons. The van der Waals surface area contributed by atoms with Crippen LogP contribution in [0.15, 0.2) is 0 Å². The fourth-order valence-electron chi connectivity index (χ4n) is 0.740. The highest BCUT2D eigenvalue weighted by Gasteiger charge is 2.21. The van der Waals surface area contributed by atoms with Crippen molar-refractivity contribution in [2.45, 2.75) is 38.8 Å². The van der Waals surface area contributed by atoms with Crippen molar-refractivity contribution in [3.05, 3.63) is 0 Å². The van der Waals surface area contributed by atoms with Gasteiger partial charge in [-0.25, -0.2) is 0 Å². The molecular formula is C9H20ClNO2S. The number of halogens is 1. The summed E-state index contributed by atoms with van der Waals surface area (Å²) in [6, 6.07) is -0.480. The monoisotopic (exact) mass is 243 g/mol. The van der Waals surface area contributed by atoms with Crippen molar-refractivity contribution in [2.75, 3.05) is 12.0 Å². The van der Waals surface area contributed by atoms with Crippen molar-refractivity contribution >= 4 is 30.1 Å². The van der Waals surface area contributed by atoms with E-state index in [1.165, 1.54) is 0 Å². The summed E-state index contributed by atoms with van der Waals surface area (Å²) in [6.45, 7) is 5.52. The summed E-state index contributed by atoms with van der Waals surface area (Å²) in [6.07, 6.45) is 2.66. The Bertz CT molecular complexity index is 171. The van der Waals surface area contributed by atoms with Gasteiger partial charge in [0, 0.05) is 0 Å². The van der Waals surface area contributed by atoms with Crippen LogP contribution < -0.4 is 5.73 Å². The number of carbonyl (C=O) groups is 1. The number of nitrogens with two attached hydrogens (primary N) is 1. The van der Waals surface area contributed by atoms with Crippen LogP contribution >= 0.6 is 24.2 Å². The molecular weight excluding hydrogens is 224 g/mol. The number of hydrogen-bond acceptors (Lipinski definition) is 4. The molecule has 0 saturated carbocycles. The van der Waals surface area contributed by atoms with Gasteiger partial charge in [0.15, 0.2) is 0 Å². The predicted octanol–water partition coefficient (Wildman–Crippen LogP) is 1.83. The molecule has 5 heteroatoms. The van der Waals surface area contributed by atoms with Crippen LogP contribution in [-0.4, -0.2) is 29.6 Å². The Morgan fingerprint density at radius 1 is 1.50 bits per heavy atom. The quantitative estimate of drug-likeness (QED) is 0.465. The first-order valence-corrected chi connectivity index (χ1v) is 5.73. The zero-order valence-electron chi connectivity index (χ0n) is 9.20. The zero-order valence-corrected chi connectivity index (χ0v) is 10.8. The van der Waals surface area contributed by atoms with Crippen LogP contribution in [0, 0.1) is 0 Å². The van der Waals surface area contributed by atoms with Gasteiger partial charge in [0.1, 0.15) is 11.6 Å². The Balaban J connectivity index is 0. The Morgan fingerprint density at radius 2 is 2.00 bits per heavy atom. The lowest BCUT2D eigenvalue weighted by atomic mass is 10.2. The van der Waals surface area contributed by atoms with Gasteiger partial charge in [-0.15, -0.1) is 12.4 Å². The summed E-state index contributed by atoms with van der Waals surface area (Å²) in [5, 5.41) is 0.